The van der Waals surface area contributed by atoms with Crippen LogP contribution in [-0.4, -0.2) is 56.4 Å². The van der Waals surface area contributed by atoms with E-state index in [9.17, 15) is 5.11 Å². The van der Waals surface area contributed by atoms with E-state index in [0.29, 0.717) is 25.8 Å². The van der Waals surface area contributed by atoms with E-state index in [4.69, 9.17) is 9.47 Å². The van der Waals surface area contributed by atoms with Gasteiger partial charge in [0, 0.05) is 19.1 Å². The first-order valence-electron chi connectivity index (χ1n) is 7.02. The van der Waals surface area contributed by atoms with E-state index in [-0.39, 0.29) is 0 Å². The molecule has 0 spiro atoms. The SMILES string of the molecule is CC(CNCC(O)c1ccc2c(c1)OCCO2)N(C)C. The minimum atomic E-state index is -0.541. The summed E-state index contributed by atoms with van der Waals surface area (Å²) in [5.74, 6) is 1.47. The van der Waals surface area contributed by atoms with Gasteiger partial charge >= 0.3 is 0 Å². The molecule has 20 heavy (non-hydrogen) atoms. The van der Waals surface area contributed by atoms with Crippen LogP contribution in [-0.2, 0) is 0 Å². The van der Waals surface area contributed by atoms with Gasteiger partial charge in [-0.05, 0) is 38.7 Å². The van der Waals surface area contributed by atoms with Crippen LogP contribution >= 0.6 is 0 Å². The lowest BCUT2D eigenvalue weighted by Gasteiger charge is -2.22. The lowest BCUT2D eigenvalue weighted by molar-refractivity contribution is 0.161. The predicted molar refractivity (Wildman–Crippen MR) is 78.4 cm³/mol. The molecule has 0 radical (unpaired) electrons. The number of rotatable bonds is 6. The highest BCUT2D eigenvalue weighted by molar-refractivity contribution is 5.44. The van der Waals surface area contributed by atoms with Crippen molar-refractivity contribution in [2.45, 2.75) is 19.1 Å². The monoisotopic (exact) mass is 280 g/mol. The molecule has 0 fully saturated rings. The number of benzene rings is 1. The van der Waals surface area contributed by atoms with Gasteiger partial charge in [-0.25, -0.2) is 0 Å². The average Bonchev–Trinajstić information content (AvgIpc) is 2.46. The van der Waals surface area contributed by atoms with E-state index in [0.717, 1.165) is 23.6 Å². The summed E-state index contributed by atoms with van der Waals surface area (Å²) in [4.78, 5) is 2.14. The van der Waals surface area contributed by atoms with E-state index in [1.807, 2.05) is 32.3 Å². The second-order valence-corrected chi connectivity index (χ2v) is 5.39. The number of fused-ring (bicyclic) bond motifs is 1. The van der Waals surface area contributed by atoms with Crippen molar-refractivity contribution in [2.24, 2.45) is 0 Å². The molecule has 0 bridgehead atoms. The zero-order chi connectivity index (χ0) is 14.5. The van der Waals surface area contributed by atoms with Crippen LogP contribution < -0.4 is 14.8 Å². The van der Waals surface area contributed by atoms with Gasteiger partial charge in [-0.2, -0.15) is 0 Å². The van der Waals surface area contributed by atoms with Gasteiger partial charge in [-0.15, -0.1) is 0 Å². The minimum absolute atomic E-state index is 0.433. The molecule has 0 aromatic heterocycles. The first-order chi connectivity index (χ1) is 9.58. The topological polar surface area (TPSA) is 54.0 Å². The maximum absolute atomic E-state index is 10.2. The molecule has 112 valence electrons. The lowest BCUT2D eigenvalue weighted by atomic mass is 10.1. The van der Waals surface area contributed by atoms with Crippen LogP contribution in [0.5, 0.6) is 11.5 Å². The third kappa shape index (κ3) is 3.85. The van der Waals surface area contributed by atoms with Crippen molar-refractivity contribution >= 4 is 0 Å². The van der Waals surface area contributed by atoms with E-state index >= 15 is 0 Å². The average molecular weight is 280 g/mol. The Morgan fingerprint density at radius 3 is 2.60 bits per heavy atom. The molecule has 5 nitrogen and oxygen atoms in total. The number of nitrogens with one attached hydrogen (secondary N) is 1. The largest absolute Gasteiger partial charge is 0.486 e. The molecule has 1 aromatic carbocycles. The Hall–Kier alpha value is -1.30. The summed E-state index contributed by atoms with van der Waals surface area (Å²) in [6, 6.07) is 6.03. The van der Waals surface area contributed by atoms with Crippen molar-refractivity contribution < 1.29 is 14.6 Å². The van der Waals surface area contributed by atoms with Crippen molar-refractivity contribution in [2.75, 3.05) is 40.4 Å². The summed E-state index contributed by atoms with van der Waals surface area (Å²) in [5.41, 5.74) is 0.847. The Morgan fingerprint density at radius 2 is 1.90 bits per heavy atom. The minimum Gasteiger partial charge on any atom is -0.486 e. The van der Waals surface area contributed by atoms with Gasteiger partial charge in [0.15, 0.2) is 11.5 Å². The number of hydrogen-bond donors (Lipinski definition) is 2. The van der Waals surface area contributed by atoms with Crippen LogP contribution in [0.1, 0.15) is 18.6 Å². The highest BCUT2D eigenvalue weighted by atomic mass is 16.6. The first-order valence-corrected chi connectivity index (χ1v) is 7.02. The highest BCUT2D eigenvalue weighted by Crippen LogP contribution is 2.32. The quantitative estimate of drug-likeness (QED) is 0.815. The number of ether oxygens (including phenoxy) is 2. The zero-order valence-electron chi connectivity index (χ0n) is 12.4. The fraction of sp³-hybridized carbons (Fsp3) is 0.600. The molecule has 2 atom stereocenters. The molecule has 1 aromatic rings. The number of aliphatic hydroxyl groups excluding tert-OH is 1. The molecule has 0 saturated carbocycles. The van der Waals surface area contributed by atoms with Gasteiger partial charge in [0.2, 0.25) is 0 Å². The number of likely N-dealkylation sites (N-methyl/N-ethyl adjacent to an activating group) is 1. The summed E-state index contributed by atoms with van der Waals surface area (Å²) in [6.45, 7) is 4.65. The van der Waals surface area contributed by atoms with E-state index < -0.39 is 6.10 Å². The molecule has 1 aliphatic rings. The predicted octanol–water partition coefficient (Wildman–Crippen LogP) is 1.03. The summed E-state index contributed by atoms with van der Waals surface area (Å²) in [6.07, 6.45) is -0.541. The summed E-state index contributed by atoms with van der Waals surface area (Å²) < 4.78 is 11.0. The van der Waals surface area contributed by atoms with Gasteiger partial charge in [-0.1, -0.05) is 6.07 Å². The van der Waals surface area contributed by atoms with Crippen molar-refractivity contribution in [3.8, 4) is 11.5 Å². The van der Waals surface area contributed by atoms with Crippen molar-refractivity contribution in [1.29, 1.82) is 0 Å². The van der Waals surface area contributed by atoms with Crippen LogP contribution in [0.2, 0.25) is 0 Å². The number of aliphatic hydroxyl groups is 1. The Kier molecular flexibility index (Phi) is 5.23. The van der Waals surface area contributed by atoms with Crippen LogP contribution in [0.3, 0.4) is 0 Å². The Morgan fingerprint density at radius 1 is 1.20 bits per heavy atom. The molecule has 2 N–H and O–H groups in total. The van der Waals surface area contributed by atoms with Crippen molar-refractivity contribution in [1.82, 2.24) is 10.2 Å². The molecule has 5 heteroatoms. The van der Waals surface area contributed by atoms with E-state index in [2.05, 4.69) is 17.1 Å². The standard InChI is InChI=1S/C15H24N2O3/c1-11(17(2)3)9-16-10-13(18)12-4-5-14-15(8-12)20-7-6-19-14/h4-5,8,11,13,16,18H,6-7,9-10H2,1-3H3. The number of hydrogen-bond acceptors (Lipinski definition) is 5. The lowest BCUT2D eigenvalue weighted by Crippen LogP contribution is -2.37. The highest BCUT2D eigenvalue weighted by Gasteiger charge is 2.15. The Labute approximate surface area is 120 Å². The Bertz CT molecular complexity index is 437. The summed E-state index contributed by atoms with van der Waals surface area (Å²) in [7, 11) is 4.09. The number of nitrogens with zero attached hydrogens (tertiary/aromatic N) is 1. The molecule has 1 aliphatic heterocycles. The van der Waals surface area contributed by atoms with E-state index in [1.54, 1.807) is 0 Å². The molecule has 0 aliphatic carbocycles. The molecular weight excluding hydrogens is 256 g/mol. The molecule has 1 heterocycles. The molecule has 2 unspecified atom stereocenters. The fourth-order valence-electron chi connectivity index (χ4n) is 2.00. The third-order valence-electron chi connectivity index (χ3n) is 3.61. The second-order valence-electron chi connectivity index (χ2n) is 5.39. The molecule has 2 rings (SSSR count). The van der Waals surface area contributed by atoms with E-state index in [1.165, 1.54) is 0 Å². The van der Waals surface area contributed by atoms with Gasteiger partial charge < -0.3 is 24.8 Å². The zero-order valence-corrected chi connectivity index (χ0v) is 12.4. The Balaban J connectivity index is 1.87. The smallest absolute Gasteiger partial charge is 0.161 e. The van der Waals surface area contributed by atoms with Crippen LogP contribution in [0.25, 0.3) is 0 Å². The van der Waals surface area contributed by atoms with Gasteiger partial charge in [-0.3, -0.25) is 0 Å². The van der Waals surface area contributed by atoms with Gasteiger partial charge in [0.05, 0.1) is 6.10 Å². The summed E-state index contributed by atoms with van der Waals surface area (Å²) in [5, 5.41) is 13.5. The van der Waals surface area contributed by atoms with Gasteiger partial charge in [0.25, 0.3) is 0 Å². The fourth-order valence-corrected chi connectivity index (χ4v) is 2.00. The molecule has 0 amide bonds. The normalized spacial score (nSPS) is 17.1. The summed E-state index contributed by atoms with van der Waals surface area (Å²) >= 11 is 0. The van der Waals surface area contributed by atoms with Crippen molar-refractivity contribution in [3.63, 3.8) is 0 Å². The van der Waals surface area contributed by atoms with Crippen molar-refractivity contribution in [3.05, 3.63) is 23.8 Å². The first kappa shape index (κ1) is 15.1. The van der Waals surface area contributed by atoms with Crippen LogP contribution in [0, 0.1) is 0 Å². The molecule has 0 saturated heterocycles. The maximum atomic E-state index is 10.2. The van der Waals surface area contributed by atoms with Crippen LogP contribution in [0.15, 0.2) is 18.2 Å². The maximum Gasteiger partial charge on any atom is 0.161 e. The van der Waals surface area contributed by atoms with Gasteiger partial charge in [0.1, 0.15) is 13.2 Å². The molecular formula is C15H24N2O3. The third-order valence-corrected chi connectivity index (χ3v) is 3.61. The second kappa shape index (κ2) is 6.92. The van der Waals surface area contributed by atoms with Crippen LogP contribution in [0.4, 0.5) is 0 Å².